The lowest BCUT2D eigenvalue weighted by atomic mass is 9.93. The Kier molecular flexibility index (Phi) is 10.7. The Hall–Kier alpha value is -2.61. The van der Waals surface area contributed by atoms with E-state index >= 15 is 0 Å². The molecule has 228 valence electrons. The van der Waals surface area contributed by atoms with Gasteiger partial charge in [-0.2, -0.15) is 39.5 Å². The number of aryl methyl sites for hydroxylation is 1. The summed E-state index contributed by atoms with van der Waals surface area (Å²) >= 11 is 5.97. The maximum absolute atomic E-state index is 15.0. The first-order chi connectivity index (χ1) is 18.5. The Labute approximate surface area is 234 Å². The smallest absolute Gasteiger partial charge is 0.294 e. The third kappa shape index (κ3) is 10.0. The van der Waals surface area contributed by atoms with Crippen LogP contribution in [0.2, 0.25) is 5.02 Å². The van der Waals surface area contributed by atoms with Gasteiger partial charge in [-0.05, 0) is 41.7 Å². The topological polar surface area (TPSA) is 51.2 Å². The number of hydrogen-bond acceptors (Lipinski definition) is 3. The van der Waals surface area contributed by atoms with Crippen LogP contribution in [0.15, 0.2) is 42.5 Å². The molecular formula is C26H23ClF10O3S. The van der Waals surface area contributed by atoms with Crippen molar-refractivity contribution >= 4 is 33.0 Å². The van der Waals surface area contributed by atoms with Gasteiger partial charge in [-0.15, -0.1) is 0 Å². The van der Waals surface area contributed by atoms with Gasteiger partial charge in [-0.3, -0.25) is 4.79 Å². The lowest BCUT2D eigenvalue weighted by Crippen LogP contribution is -2.28. The van der Waals surface area contributed by atoms with Gasteiger partial charge < -0.3 is 0 Å². The molecule has 2 aromatic carbocycles. The summed E-state index contributed by atoms with van der Waals surface area (Å²) in [6, 6.07) is 4.62. The van der Waals surface area contributed by atoms with Gasteiger partial charge in [0.1, 0.15) is 17.5 Å². The fraction of sp³-hybridized carbons (Fsp3) is 0.423. The molecule has 0 saturated carbocycles. The summed E-state index contributed by atoms with van der Waals surface area (Å²) < 4.78 is 158. The monoisotopic (exact) mass is 640 g/mol. The average Bonchev–Trinajstić information content (AvgIpc) is 2.78. The standard InChI is InChI=1S/C26H23ClF10O3S/c1-3-15-4-5-16(10-21(15)27)19(25(32,33)34)11-22(28)17-6-7-18(20(9-17)26(35,36)37)23(38)8-14(2)12-41(39,40)13-24(29,30)31/h4-7,9-11,14,19H,3,8,12-13H2,1-2H3/b22-11-/t14-,19?/m0/s1. The van der Waals surface area contributed by atoms with E-state index in [4.69, 9.17) is 11.6 Å². The first-order valence-electron chi connectivity index (χ1n) is 11.8. The Morgan fingerprint density at radius 3 is 2.07 bits per heavy atom. The molecule has 0 bridgehead atoms. The zero-order valence-electron chi connectivity index (χ0n) is 21.3. The van der Waals surface area contributed by atoms with Gasteiger partial charge in [-0.25, -0.2) is 12.8 Å². The molecule has 0 radical (unpaired) electrons. The van der Waals surface area contributed by atoms with Crippen LogP contribution in [0, 0.1) is 5.92 Å². The van der Waals surface area contributed by atoms with Crippen LogP contribution >= 0.6 is 11.6 Å². The van der Waals surface area contributed by atoms with Gasteiger partial charge in [0, 0.05) is 22.6 Å². The fourth-order valence-electron chi connectivity index (χ4n) is 4.06. The second-order valence-corrected chi connectivity index (χ2v) is 11.9. The normalized spacial score (nSPS) is 15.1. The quantitative estimate of drug-likeness (QED) is 0.193. The van der Waals surface area contributed by atoms with Crippen molar-refractivity contribution in [1.29, 1.82) is 0 Å². The molecule has 0 aliphatic heterocycles. The maximum Gasteiger partial charge on any atom is 0.417 e. The summed E-state index contributed by atoms with van der Waals surface area (Å²) in [6.45, 7) is 2.75. The second-order valence-electron chi connectivity index (χ2n) is 9.40. The van der Waals surface area contributed by atoms with Crippen molar-refractivity contribution in [3.63, 3.8) is 0 Å². The molecule has 1 unspecified atom stereocenters. The van der Waals surface area contributed by atoms with E-state index in [1.165, 1.54) is 6.07 Å². The molecule has 0 spiro atoms. The number of sulfone groups is 1. The fourth-order valence-corrected chi connectivity index (χ4v) is 5.99. The summed E-state index contributed by atoms with van der Waals surface area (Å²) in [7, 11) is -4.73. The highest BCUT2D eigenvalue weighted by Crippen LogP contribution is 2.41. The van der Waals surface area contributed by atoms with E-state index < -0.39 is 92.0 Å². The third-order valence-corrected chi connectivity index (χ3v) is 8.04. The predicted octanol–water partition coefficient (Wildman–Crippen LogP) is 8.76. The van der Waals surface area contributed by atoms with Gasteiger partial charge in [0.2, 0.25) is 0 Å². The molecular weight excluding hydrogens is 618 g/mol. The van der Waals surface area contributed by atoms with Crippen molar-refractivity contribution in [2.24, 2.45) is 5.92 Å². The van der Waals surface area contributed by atoms with E-state index in [1.54, 1.807) is 6.92 Å². The number of hydrogen-bond donors (Lipinski definition) is 0. The number of allylic oxidation sites excluding steroid dienone is 1. The SMILES string of the molecule is CCc1ccc(C(/C=C(\F)c2ccc(C(=O)C[C@H](C)CS(=O)(=O)CC(F)(F)F)c(C(F)(F)F)c2)C(F)(F)F)cc1Cl. The number of benzene rings is 2. The third-order valence-electron chi connectivity index (χ3n) is 5.84. The Bertz CT molecular complexity index is 1390. The van der Waals surface area contributed by atoms with E-state index in [9.17, 15) is 57.1 Å². The Morgan fingerprint density at radius 1 is 0.976 bits per heavy atom. The van der Waals surface area contributed by atoms with Crippen LogP contribution in [-0.4, -0.2) is 38.1 Å². The summed E-state index contributed by atoms with van der Waals surface area (Å²) in [5.41, 5.74) is -3.65. The van der Waals surface area contributed by atoms with Crippen molar-refractivity contribution in [3.05, 3.63) is 75.3 Å². The number of ketones is 1. The molecule has 2 aromatic rings. The summed E-state index contributed by atoms with van der Waals surface area (Å²) in [6.07, 6.45) is -15.8. The average molecular weight is 641 g/mol. The minimum absolute atomic E-state index is 0.0179. The highest BCUT2D eigenvalue weighted by atomic mass is 35.5. The van der Waals surface area contributed by atoms with Crippen LogP contribution < -0.4 is 0 Å². The van der Waals surface area contributed by atoms with E-state index in [2.05, 4.69) is 0 Å². The molecule has 0 heterocycles. The van der Waals surface area contributed by atoms with Gasteiger partial charge in [0.25, 0.3) is 0 Å². The first-order valence-corrected chi connectivity index (χ1v) is 14.0. The van der Waals surface area contributed by atoms with Crippen LogP contribution in [-0.2, 0) is 22.4 Å². The summed E-state index contributed by atoms with van der Waals surface area (Å²) in [5, 5.41) is -0.0179. The number of alkyl halides is 9. The van der Waals surface area contributed by atoms with Gasteiger partial charge in [0.15, 0.2) is 15.6 Å². The second kappa shape index (κ2) is 12.7. The van der Waals surface area contributed by atoms with E-state index in [1.807, 2.05) is 0 Å². The molecule has 2 atom stereocenters. The molecule has 0 saturated heterocycles. The molecule has 0 aromatic heterocycles. The molecule has 0 aliphatic carbocycles. The zero-order chi connectivity index (χ0) is 31.6. The van der Waals surface area contributed by atoms with Gasteiger partial charge in [0.05, 0.1) is 11.3 Å². The minimum atomic E-state index is -5.29. The van der Waals surface area contributed by atoms with Crippen LogP contribution in [0.25, 0.3) is 5.83 Å². The highest BCUT2D eigenvalue weighted by Gasteiger charge is 2.41. The number of rotatable bonds is 10. The molecule has 15 heteroatoms. The number of carbonyl (C=O) groups is 1. The molecule has 0 aliphatic rings. The highest BCUT2D eigenvalue weighted by molar-refractivity contribution is 7.91. The predicted molar refractivity (Wildman–Crippen MR) is 133 cm³/mol. The lowest BCUT2D eigenvalue weighted by molar-refractivity contribution is -0.140. The molecule has 0 amide bonds. The van der Waals surface area contributed by atoms with E-state index in [0.29, 0.717) is 24.1 Å². The van der Waals surface area contributed by atoms with Gasteiger partial charge >= 0.3 is 18.5 Å². The van der Waals surface area contributed by atoms with Crippen molar-refractivity contribution < 1.29 is 57.1 Å². The molecule has 0 N–H and O–H groups in total. The summed E-state index contributed by atoms with van der Waals surface area (Å²) in [4.78, 5) is 12.6. The van der Waals surface area contributed by atoms with E-state index in [0.717, 1.165) is 19.1 Å². The summed E-state index contributed by atoms with van der Waals surface area (Å²) in [5.74, 6) is -10.2. The van der Waals surface area contributed by atoms with Crippen molar-refractivity contribution in [3.8, 4) is 0 Å². The molecule has 41 heavy (non-hydrogen) atoms. The Balaban J connectivity index is 2.44. The first kappa shape index (κ1) is 34.6. The maximum atomic E-state index is 15.0. The largest absolute Gasteiger partial charge is 0.417 e. The zero-order valence-corrected chi connectivity index (χ0v) is 22.9. The molecule has 2 rings (SSSR count). The van der Waals surface area contributed by atoms with Crippen molar-refractivity contribution in [1.82, 2.24) is 0 Å². The molecule has 3 nitrogen and oxygen atoms in total. The minimum Gasteiger partial charge on any atom is -0.294 e. The number of Topliss-reactive ketones (excluding diaryl/α,β-unsaturated/α-hetero) is 1. The van der Waals surface area contributed by atoms with Crippen LogP contribution in [0.3, 0.4) is 0 Å². The lowest BCUT2D eigenvalue weighted by Gasteiger charge is -2.19. The van der Waals surface area contributed by atoms with Crippen LogP contribution in [0.1, 0.15) is 58.8 Å². The number of halogens is 11. The van der Waals surface area contributed by atoms with Crippen molar-refractivity contribution in [2.45, 2.75) is 51.1 Å². The number of carbonyl (C=O) groups excluding carboxylic acids is 1. The molecule has 0 fully saturated rings. The Morgan fingerprint density at radius 2 is 1.59 bits per heavy atom. The van der Waals surface area contributed by atoms with Crippen LogP contribution in [0.5, 0.6) is 0 Å². The van der Waals surface area contributed by atoms with Crippen LogP contribution in [0.4, 0.5) is 43.9 Å². The van der Waals surface area contributed by atoms with E-state index in [-0.39, 0.29) is 17.2 Å². The van der Waals surface area contributed by atoms with Gasteiger partial charge in [-0.1, -0.05) is 49.7 Å². The van der Waals surface area contributed by atoms with Crippen molar-refractivity contribution in [2.75, 3.05) is 11.5 Å².